The Balaban J connectivity index is 1.77. The van der Waals surface area contributed by atoms with Gasteiger partial charge in [0.2, 0.25) is 5.75 Å². The molecular weight excluding hydrogens is 466 g/mol. The average molecular weight is 500 g/mol. The lowest BCUT2D eigenvalue weighted by Gasteiger charge is -2.27. The van der Waals surface area contributed by atoms with Crippen molar-refractivity contribution in [3.05, 3.63) is 94.1 Å². The van der Waals surface area contributed by atoms with Gasteiger partial charge in [0.05, 0.1) is 40.7 Å². The van der Waals surface area contributed by atoms with E-state index in [4.69, 9.17) is 18.9 Å². The molecule has 4 rings (SSSR count). The third kappa shape index (κ3) is 5.33. The van der Waals surface area contributed by atoms with E-state index < -0.39 is 0 Å². The molecule has 1 aliphatic rings. The van der Waals surface area contributed by atoms with Crippen molar-refractivity contribution in [1.29, 1.82) is 0 Å². The summed E-state index contributed by atoms with van der Waals surface area (Å²) >= 11 is 0. The van der Waals surface area contributed by atoms with Crippen molar-refractivity contribution in [2.45, 2.75) is 26.8 Å². The molecule has 1 aliphatic carbocycles. The second kappa shape index (κ2) is 11.2. The Morgan fingerprint density at radius 3 is 2.16 bits per heavy atom. The summed E-state index contributed by atoms with van der Waals surface area (Å²) in [7, 11) is 6.37. The van der Waals surface area contributed by atoms with Crippen molar-refractivity contribution in [2.24, 2.45) is 0 Å². The summed E-state index contributed by atoms with van der Waals surface area (Å²) in [6, 6.07) is 19.8. The van der Waals surface area contributed by atoms with E-state index in [9.17, 15) is 4.79 Å². The van der Waals surface area contributed by atoms with Gasteiger partial charge in [-0.1, -0.05) is 36.4 Å². The summed E-state index contributed by atoms with van der Waals surface area (Å²) in [5, 5.41) is 0. The SMILES string of the molecule is COc1ccc2c(c1)C(N(Cc1ccccc1)C(=O)C(C)=Cc1cc(OC)c(OC)c(OC)c1)=C(C)C2. The normalized spacial score (nSPS) is 12.8. The molecule has 0 N–H and O–H groups in total. The maximum Gasteiger partial charge on any atom is 0.254 e. The maximum absolute atomic E-state index is 14.1. The number of carbonyl (C=O) groups is 1. The average Bonchev–Trinajstić information content (AvgIpc) is 3.25. The Kier molecular flexibility index (Phi) is 7.87. The molecule has 6 nitrogen and oxygen atoms in total. The zero-order valence-corrected chi connectivity index (χ0v) is 22.3. The third-order valence-corrected chi connectivity index (χ3v) is 6.54. The van der Waals surface area contributed by atoms with Crippen LogP contribution in [0.4, 0.5) is 0 Å². The molecule has 37 heavy (non-hydrogen) atoms. The molecule has 0 atom stereocenters. The zero-order chi connectivity index (χ0) is 26.5. The van der Waals surface area contributed by atoms with Crippen LogP contribution in [0.2, 0.25) is 0 Å². The number of hydrogen-bond donors (Lipinski definition) is 0. The minimum atomic E-state index is -0.0809. The molecule has 0 saturated carbocycles. The molecule has 0 radical (unpaired) electrons. The second-order valence-corrected chi connectivity index (χ2v) is 8.99. The smallest absolute Gasteiger partial charge is 0.254 e. The minimum absolute atomic E-state index is 0.0809. The van der Waals surface area contributed by atoms with Gasteiger partial charge in [0.15, 0.2) is 11.5 Å². The van der Waals surface area contributed by atoms with Crippen LogP contribution in [0.5, 0.6) is 23.0 Å². The lowest BCUT2D eigenvalue weighted by Crippen LogP contribution is -2.30. The molecule has 3 aromatic carbocycles. The van der Waals surface area contributed by atoms with E-state index in [0.29, 0.717) is 29.4 Å². The first-order valence-corrected chi connectivity index (χ1v) is 12.1. The molecule has 0 spiro atoms. The van der Waals surface area contributed by atoms with Crippen LogP contribution in [-0.4, -0.2) is 39.2 Å². The van der Waals surface area contributed by atoms with Gasteiger partial charge in [0.1, 0.15) is 5.75 Å². The summed E-state index contributed by atoms with van der Waals surface area (Å²) in [4.78, 5) is 16.0. The molecule has 1 amide bonds. The van der Waals surface area contributed by atoms with Gasteiger partial charge < -0.3 is 23.8 Å². The van der Waals surface area contributed by atoms with Gasteiger partial charge in [0, 0.05) is 11.1 Å². The molecule has 3 aromatic rings. The highest BCUT2D eigenvalue weighted by atomic mass is 16.5. The van der Waals surface area contributed by atoms with Crippen LogP contribution < -0.4 is 18.9 Å². The number of amides is 1. The van der Waals surface area contributed by atoms with E-state index in [-0.39, 0.29) is 5.91 Å². The fourth-order valence-electron chi connectivity index (χ4n) is 4.76. The van der Waals surface area contributed by atoms with Crippen LogP contribution in [0.25, 0.3) is 11.8 Å². The number of benzene rings is 3. The Hall–Kier alpha value is -4.19. The Bertz CT molecular complexity index is 1330. The highest BCUT2D eigenvalue weighted by Crippen LogP contribution is 2.40. The summed E-state index contributed by atoms with van der Waals surface area (Å²) in [6.45, 7) is 4.37. The van der Waals surface area contributed by atoms with Gasteiger partial charge >= 0.3 is 0 Å². The molecule has 0 heterocycles. The lowest BCUT2D eigenvalue weighted by molar-refractivity contribution is -0.124. The fraction of sp³-hybridized carbons (Fsp3) is 0.258. The number of hydrogen-bond acceptors (Lipinski definition) is 5. The van der Waals surface area contributed by atoms with Crippen molar-refractivity contribution < 1.29 is 23.7 Å². The van der Waals surface area contributed by atoms with E-state index in [0.717, 1.165) is 40.1 Å². The summed E-state index contributed by atoms with van der Waals surface area (Å²) in [5.41, 5.74) is 6.70. The topological polar surface area (TPSA) is 57.2 Å². The van der Waals surface area contributed by atoms with E-state index in [2.05, 4.69) is 13.0 Å². The molecule has 0 aromatic heterocycles. The Labute approximate surface area is 218 Å². The minimum Gasteiger partial charge on any atom is -0.497 e. The molecule has 0 bridgehead atoms. The van der Waals surface area contributed by atoms with Crippen molar-refractivity contribution in [1.82, 2.24) is 4.90 Å². The number of ether oxygens (including phenoxy) is 4. The predicted octanol–water partition coefficient (Wildman–Crippen LogP) is 6.14. The summed E-state index contributed by atoms with van der Waals surface area (Å²) in [6.07, 6.45) is 2.64. The monoisotopic (exact) mass is 499 g/mol. The van der Waals surface area contributed by atoms with Crippen molar-refractivity contribution in [2.75, 3.05) is 28.4 Å². The van der Waals surface area contributed by atoms with Crippen LogP contribution in [-0.2, 0) is 17.8 Å². The van der Waals surface area contributed by atoms with E-state index in [1.165, 1.54) is 5.56 Å². The molecule has 6 heteroatoms. The first kappa shape index (κ1) is 25.9. The van der Waals surface area contributed by atoms with E-state index >= 15 is 0 Å². The maximum atomic E-state index is 14.1. The number of allylic oxidation sites excluding steroid dienone is 1. The molecule has 0 saturated heterocycles. The standard InChI is InChI=1S/C31H33NO5/c1-20-15-24-12-13-25(34-3)18-26(24)29(20)32(19-22-10-8-7-9-11-22)31(33)21(2)14-23-16-27(35-4)30(37-6)28(17-23)36-5/h7-14,16-18H,15,19H2,1-6H3. The van der Waals surface area contributed by atoms with Crippen LogP contribution in [0.1, 0.15) is 36.1 Å². The number of methoxy groups -OCH3 is 4. The molecule has 0 fully saturated rings. The highest BCUT2D eigenvalue weighted by Gasteiger charge is 2.29. The first-order chi connectivity index (χ1) is 17.9. The number of fused-ring (bicyclic) bond motifs is 1. The van der Waals surface area contributed by atoms with Crippen LogP contribution >= 0.6 is 0 Å². The van der Waals surface area contributed by atoms with Gasteiger partial charge in [-0.3, -0.25) is 4.79 Å². The molecule has 0 aliphatic heterocycles. The van der Waals surface area contributed by atoms with E-state index in [1.807, 2.05) is 72.5 Å². The Morgan fingerprint density at radius 2 is 1.57 bits per heavy atom. The van der Waals surface area contributed by atoms with Crippen LogP contribution in [0.15, 0.2) is 71.8 Å². The molecule has 192 valence electrons. The van der Waals surface area contributed by atoms with Crippen molar-refractivity contribution >= 4 is 17.7 Å². The predicted molar refractivity (Wildman–Crippen MR) is 146 cm³/mol. The van der Waals surface area contributed by atoms with Gasteiger partial charge in [-0.15, -0.1) is 0 Å². The van der Waals surface area contributed by atoms with Crippen molar-refractivity contribution in [3.8, 4) is 23.0 Å². The Morgan fingerprint density at radius 1 is 0.892 bits per heavy atom. The zero-order valence-electron chi connectivity index (χ0n) is 22.3. The van der Waals surface area contributed by atoms with Crippen molar-refractivity contribution in [3.63, 3.8) is 0 Å². The highest BCUT2D eigenvalue weighted by molar-refractivity contribution is 6.03. The number of nitrogens with zero attached hydrogens (tertiary/aromatic N) is 1. The second-order valence-electron chi connectivity index (χ2n) is 8.99. The largest absolute Gasteiger partial charge is 0.497 e. The van der Waals surface area contributed by atoms with Gasteiger partial charge in [-0.2, -0.15) is 0 Å². The van der Waals surface area contributed by atoms with Gasteiger partial charge in [-0.05, 0) is 72.9 Å². The third-order valence-electron chi connectivity index (χ3n) is 6.54. The van der Waals surface area contributed by atoms with Gasteiger partial charge in [0.25, 0.3) is 5.91 Å². The van der Waals surface area contributed by atoms with E-state index in [1.54, 1.807) is 28.4 Å². The number of carbonyl (C=O) groups excluding carboxylic acids is 1. The van der Waals surface area contributed by atoms with Crippen LogP contribution in [0, 0.1) is 0 Å². The first-order valence-electron chi connectivity index (χ1n) is 12.1. The number of rotatable bonds is 9. The van der Waals surface area contributed by atoms with Crippen LogP contribution in [0.3, 0.4) is 0 Å². The van der Waals surface area contributed by atoms with Gasteiger partial charge in [-0.25, -0.2) is 0 Å². The molecule has 0 unspecified atom stereocenters. The summed E-state index contributed by atoms with van der Waals surface area (Å²) < 4.78 is 21.9. The quantitative estimate of drug-likeness (QED) is 0.331. The molecular formula is C31H33NO5. The summed E-state index contributed by atoms with van der Waals surface area (Å²) in [5.74, 6) is 2.26. The lowest BCUT2D eigenvalue weighted by atomic mass is 10.1. The fourth-order valence-corrected chi connectivity index (χ4v) is 4.76.